The van der Waals surface area contributed by atoms with E-state index in [2.05, 4.69) is 15.5 Å². The van der Waals surface area contributed by atoms with Gasteiger partial charge < -0.3 is 14.4 Å². The van der Waals surface area contributed by atoms with Crippen molar-refractivity contribution in [1.82, 2.24) is 24.3 Å². The first-order valence-electron chi connectivity index (χ1n) is 7.07. The number of nitrogens with zero attached hydrogens (tertiary/aromatic N) is 4. The summed E-state index contributed by atoms with van der Waals surface area (Å²) >= 11 is 0. The summed E-state index contributed by atoms with van der Waals surface area (Å²) in [7, 11) is -1.65. The van der Waals surface area contributed by atoms with Gasteiger partial charge in [-0.15, -0.1) is 12.4 Å². The van der Waals surface area contributed by atoms with Gasteiger partial charge in [-0.3, -0.25) is 0 Å². The third kappa shape index (κ3) is 3.74. The minimum atomic E-state index is -3.51. The standard InChI is InChI=1S/C13H19N5O3S.ClH/c1-10-7-11(21-16-10)9-22(19,20)18-6-3-14-8-12(18)13-15-4-5-17(13)2;/h4-5,7,12,14H,3,6,8-9H2,1-2H3;1H. The highest BCUT2D eigenvalue weighted by Gasteiger charge is 2.36. The van der Waals surface area contributed by atoms with Gasteiger partial charge in [-0.2, -0.15) is 4.31 Å². The molecule has 128 valence electrons. The Labute approximate surface area is 141 Å². The Morgan fingerprint density at radius 2 is 2.26 bits per heavy atom. The van der Waals surface area contributed by atoms with Gasteiger partial charge in [0.1, 0.15) is 11.6 Å². The van der Waals surface area contributed by atoms with Crippen molar-refractivity contribution in [3.05, 3.63) is 35.7 Å². The van der Waals surface area contributed by atoms with Gasteiger partial charge in [-0.1, -0.05) is 5.16 Å². The van der Waals surface area contributed by atoms with Crippen molar-refractivity contribution in [3.8, 4) is 0 Å². The second-order valence-electron chi connectivity index (χ2n) is 5.42. The SMILES string of the molecule is Cc1cc(CS(=O)(=O)N2CCNCC2c2nccn2C)on1.Cl. The maximum Gasteiger partial charge on any atom is 0.222 e. The summed E-state index contributed by atoms with van der Waals surface area (Å²) in [6.45, 7) is 3.34. The maximum atomic E-state index is 12.8. The topological polar surface area (TPSA) is 93.3 Å². The number of imidazole rings is 1. The molecule has 0 aromatic carbocycles. The van der Waals surface area contributed by atoms with Gasteiger partial charge in [0.05, 0.1) is 11.7 Å². The highest BCUT2D eigenvalue weighted by Crippen LogP contribution is 2.25. The normalized spacial score (nSPS) is 19.5. The lowest BCUT2D eigenvalue weighted by Crippen LogP contribution is -2.49. The van der Waals surface area contributed by atoms with E-state index < -0.39 is 10.0 Å². The van der Waals surface area contributed by atoms with Gasteiger partial charge in [-0.05, 0) is 6.92 Å². The van der Waals surface area contributed by atoms with Crippen molar-refractivity contribution >= 4 is 22.4 Å². The first-order valence-corrected chi connectivity index (χ1v) is 8.68. The molecule has 3 rings (SSSR count). The number of rotatable bonds is 4. The van der Waals surface area contributed by atoms with E-state index in [0.29, 0.717) is 31.1 Å². The Morgan fingerprint density at radius 1 is 1.48 bits per heavy atom. The van der Waals surface area contributed by atoms with Crippen LogP contribution in [-0.4, -0.2) is 47.1 Å². The number of hydrogen-bond donors (Lipinski definition) is 1. The Balaban J connectivity index is 0.00000192. The van der Waals surface area contributed by atoms with Crippen LogP contribution in [0.15, 0.2) is 23.0 Å². The molecule has 8 nitrogen and oxygen atoms in total. The largest absolute Gasteiger partial charge is 0.360 e. The number of halogens is 1. The summed E-state index contributed by atoms with van der Waals surface area (Å²) in [6, 6.07) is 1.33. The fourth-order valence-corrected chi connectivity index (χ4v) is 4.27. The summed E-state index contributed by atoms with van der Waals surface area (Å²) in [5.41, 5.74) is 0.672. The second kappa shape index (κ2) is 7.00. The Hall–Kier alpha value is -1.42. The average Bonchev–Trinajstić information content (AvgIpc) is 3.07. The van der Waals surface area contributed by atoms with Crippen LogP contribution >= 0.6 is 12.4 Å². The molecule has 1 unspecified atom stereocenters. The van der Waals surface area contributed by atoms with Crippen LogP contribution < -0.4 is 5.32 Å². The first kappa shape index (κ1) is 17.9. The van der Waals surface area contributed by atoms with E-state index in [1.165, 1.54) is 4.31 Å². The summed E-state index contributed by atoms with van der Waals surface area (Å²) in [5.74, 6) is 0.897. The molecule has 1 atom stereocenters. The molecule has 0 spiro atoms. The van der Waals surface area contributed by atoms with Crippen molar-refractivity contribution in [1.29, 1.82) is 0 Å². The Morgan fingerprint density at radius 3 is 2.87 bits per heavy atom. The van der Waals surface area contributed by atoms with E-state index in [0.717, 1.165) is 5.82 Å². The lowest BCUT2D eigenvalue weighted by Gasteiger charge is -2.34. The van der Waals surface area contributed by atoms with Crippen molar-refractivity contribution in [3.63, 3.8) is 0 Å². The molecule has 1 fully saturated rings. The molecule has 0 saturated carbocycles. The van der Waals surface area contributed by atoms with E-state index in [9.17, 15) is 8.42 Å². The fourth-order valence-electron chi connectivity index (χ4n) is 2.68. The number of sulfonamides is 1. The van der Waals surface area contributed by atoms with Crippen LogP contribution in [0.25, 0.3) is 0 Å². The number of nitrogens with one attached hydrogen (secondary N) is 1. The lowest BCUT2D eigenvalue weighted by molar-refractivity contribution is 0.256. The van der Waals surface area contributed by atoms with Crippen LogP contribution in [0.2, 0.25) is 0 Å². The highest BCUT2D eigenvalue weighted by atomic mass is 35.5. The molecule has 10 heteroatoms. The van der Waals surface area contributed by atoms with Crippen molar-refractivity contribution in [2.45, 2.75) is 18.7 Å². The Bertz CT molecular complexity index is 757. The third-order valence-corrected chi connectivity index (χ3v) is 5.51. The molecular formula is C13H20ClN5O3S. The predicted molar refractivity (Wildman–Crippen MR) is 86.6 cm³/mol. The first-order chi connectivity index (χ1) is 10.5. The number of aryl methyl sites for hydroxylation is 2. The molecule has 1 aliphatic rings. The zero-order valence-electron chi connectivity index (χ0n) is 13.0. The number of aromatic nitrogens is 3. The van der Waals surface area contributed by atoms with E-state index >= 15 is 0 Å². The minimum absolute atomic E-state index is 0. The van der Waals surface area contributed by atoms with Crippen molar-refractivity contribution in [2.75, 3.05) is 19.6 Å². The van der Waals surface area contributed by atoms with E-state index in [1.807, 2.05) is 17.8 Å². The van der Waals surface area contributed by atoms with Gasteiger partial charge in [0, 0.05) is 45.1 Å². The minimum Gasteiger partial charge on any atom is -0.360 e. The van der Waals surface area contributed by atoms with E-state index in [1.54, 1.807) is 19.2 Å². The third-order valence-electron chi connectivity index (χ3n) is 3.71. The van der Waals surface area contributed by atoms with Gasteiger partial charge >= 0.3 is 0 Å². The predicted octanol–water partition coefficient (Wildman–Crippen LogP) is 0.615. The molecule has 3 heterocycles. The van der Waals surface area contributed by atoms with Crippen LogP contribution in [0.3, 0.4) is 0 Å². The van der Waals surface area contributed by atoms with Gasteiger partial charge in [0.15, 0.2) is 5.76 Å². The maximum absolute atomic E-state index is 12.8. The fraction of sp³-hybridized carbons (Fsp3) is 0.538. The monoisotopic (exact) mass is 361 g/mol. The molecule has 1 saturated heterocycles. The summed E-state index contributed by atoms with van der Waals surface area (Å²) in [5, 5.41) is 6.97. The zero-order valence-corrected chi connectivity index (χ0v) is 14.6. The molecule has 23 heavy (non-hydrogen) atoms. The van der Waals surface area contributed by atoms with Crippen LogP contribution in [0.1, 0.15) is 23.3 Å². The zero-order chi connectivity index (χ0) is 15.7. The molecular weight excluding hydrogens is 342 g/mol. The molecule has 0 aliphatic carbocycles. The van der Waals surface area contributed by atoms with Crippen LogP contribution in [-0.2, 0) is 22.8 Å². The number of hydrogen-bond acceptors (Lipinski definition) is 6. The molecule has 0 amide bonds. The van der Waals surface area contributed by atoms with Crippen LogP contribution in [0, 0.1) is 6.92 Å². The molecule has 0 radical (unpaired) electrons. The Kier molecular flexibility index (Phi) is 5.45. The lowest BCUT2D eigenvalue weighted by atomic mass is 10.2. The van der Waals surface area contributed by atoms with Gasteiger partial charge in [-0.25, -0.2) is 13.4 Å². The number of piperazine rings is 1. The van der Waals surface area contributed by atoms with E-state index in [4.69, 9.17) is 4.52 Å². The molecule has 1 N–H and O–H groups in total. The average molecular weight is 362 g/mol. The summed E-state index contributed by atoms with van der Waals surface area (Å²) in [6.07, 6.45) is 3.49. The van der Waals surface area contributed by atoms with Crippen LogP contribution in [0.4, 0.5) is 0 Å². The van der Waals surface area contributed by atoms with Crippen molar-refractivity contribution in [2.24, 2.45) is 7.05 Å². The van der Waals surface area contributed by atoms with E-state index in [-0.39, 0.29) is 24.2 Å². The summed E-state index contributed by atoms with van der Waals surface area (Å²) in [4.78, 5) is 4.30. The smallest absolute Gasteiger partial charge is 0.222 e. The van der Waals surface area contributed by atoms with Gasteiger partial charge in [0.25, 0.3) is 0 Å². The molecule has 2 aromatic heterocycles. The molecule has 0 bridgehead atoms. The molecule has 1 aliphatic heterocycles. The molecule has 2 aromatic rings. The quantitative estimate of drug-likeness (QED) is 0.857. The highest BCUT2D eigenvalue weighted by molar-refractivity contribution is 7.88. The van der Waals surface area contributed by atoms with Crippen LogP contribution in [0.5, 0.6) is 0 Å². The van der Waals surface area contributed by atoms with Gasteiger partial charge in [0.2, 0.25) is 10.0 Å². The van der Waals surface area contributed by atoms with Crippen molar-refractivity contribution < 1.29 is 12.9 Å². The summed E-state index contributed by atoms with van der Waals surface area (Å²) < 4.78 is 33.9. The second-order valence-corrected chi connectivity index (χ2v) is 7.34.